The SMILES string of the molecule is CCCCCC12COC(c3ccc(-c4cc(F)c(C(F)(F)Oc5ccc(-c6cc(F)c(F)c(F)c6)c(F)c5)c(F)c4)c(F)c3)(OC1)OC2. The monoisotopic (exact) mass is 682 g/mol. The van der Waals surface area contributed by atoms with Gasteiger partial charge in [0.15, 0.2) is 17.5 Å². The summed E-state index contributed by atoms with van der Waals surface area (Å²) in [6.07, 6.45) is -0.783. The highest BCUT2D eigenvalue weighted by Gasteiger charge is 2.53. The smallest absolute Gasteiger partial charge is 0.429 e. The van der Waals surface area contributed by atoms with Crippen LogP contribution in [0.4, 0.5) is 39.5 Å². The number of hydrogen-bond acceptors (Lipinski definition) is 4. The number of rotatable bonds is 10. The van der Waals surface area contributed by atoms with E-state index in [1.165, 1.54) is 12.1 Å². The molecule has 48 heavy (non-hydrogen) atoms. The summed E-state index contributed by atoms with van der Waals surface area (Å²) >= 11 is 0. The van der Waals surface area contributed by atoms with Crippen molar-refractivity contribution < 1.29 is 58.5 Å². The van der Waals surface area contributed by atoms with E-state index in [4.69, 9.17) is 14.2 Å². The Morgan fingerprint density at radius 3 is 1.69 bits per heavy atom. The van der Waals surface area contributed by atoms with E-state index in [9.17, 15) is 17.6 Å². The fraction of sp³-hybridized carbons (Fsp3) is 0.314. The van der Waals surface area contributed by atoms with Crippen molar-refractivity contribution in [2.24, 2.45) is 5.41 Å². The minimum Gasteiger partial charge on any atom is -0.429 e. The summed E-state index contributed by atoms with van der Waals surface area (Å²) < 4.78 is 153. The van der Waals surface area contributed by atoms with Crippen LogP contribution in [0.5, 0.6) is 5.75 Å². The fourth-order valence-corrected chi connectivity index (χ4v) is 5.86. The van der Waals surface area contributed by atoms with Crippen molar-refractivity contribution in [1.29, 1.82) is 0 Å². The third-order valence-corrected chi connectivity index (χ3v) is 8.46. The number of fused-ring (bicyclic) bond motifs is 3. The molecule has 4 aromatic carbocycles. The molecule has 3 aliphatic rings. The predicted octanol–water partition coefficient (Wildman–Crippen LogP) is 9.88. The zero-order valence-corrected chi connectivity index (χ0v) is 25.3. The molecule has 0 radical (unpaired) electrons. The van der Waals surface area contributed by atoms with Gasteiger partial charge in [-0.15, -0.1) is 0 Å². The third-order valence-electron chi connectivity index (χ3n) is 8.46. The van der Waals surface area contributed by atoms with Crippen molar-refractivity contribution in [1.82, 2.24) is 0 Å². The quantitative estimate of drug-likeness (QED) is 0.0949. The summed E-state index contributed by atoms with van der Waals surface area (Å²) in [6.45, 7) is 3.09. The van der Waals surface area contributed by atoms with Crippen molar-refractivity contribution in [2.75, 3.05) is 19.8 Å². The number of alkyl halides is 2. The molecule has 3 aliphatic heterocycles. The van der Waals surface area contributed by atoms with Crippen molar-refractivity contribution in [3.8, 4) is 28.0 Å². The van der Waals surface area contributed by atoms with Crippen molar-refractivity contribution in [2.45, 2.75) is 44.7 Å². The van der Waals surface area contributed by atoms with E-state index in [0.29, 0.717) is 50.2 Å². The first-order chi connectivity index (χ1) is 22.8. The van der Waals surface area contributed by atoms with Gasteiger partial charge in [0.05, 0.1) is 19.8 Å². The predicted molar refractivity (Wildman–Crippen MR) is 154 cm³/mol. The molecule has 0 amide bonds. The van der Waals surface area contributed by atoms with E-state index in [2.05, 4.69) is 11.7 Å². The lowest BCUT2D eigenvalue weighted by atomic mass is 9.82. The Hall–Kier alpha value is -4.07. The summed E-state index contributed by atoms with van der Waals surface area (Å²) in [5.74, 6) is -13.4. The van der Waals surface area contributed by atoms with Gasteiger partial charge in [0.25, 0.3) is 0 Å². The Morgan fingerprint density at radius 2 is 1.17 bits per heavy atom. The molecule has 0 aliphatic carbocycles. The maximum absolute atomic E-state index is 15.4. The van der Waals surface area contributed by atoms with Crippen LogP contribution in [0.1, 0.15) is 43.7 Å². The van der Waals surface area contributed by atoms with Gasteiger partial charge >= 0.3 is 12.1 Å². The average Bonchev–Trinajstić information content (AvgIpc) is 3.03. The number of hydrogen-bond donors (Lipinski definition) is 0. The van der Waals surface area contributed by atoms with Gasteiger partial charge in [0.1, 0.15) is 34.6 Å². The topological polar surface area (TPSA) is 36.9 Å². The van der Waals surface area contributed by atoms with Crippen LogP contribution in [0.3, 0.4) is 0 Å². The minimum atomic E-state index is -4.70. The van der Waals surface area contributed by atoms with E-state index in [1.807, 2.05) is 0 Å². The van der Waals surface area contributed by atoms with Crippen LogP contribution in [0, 0.1) is 46.1 Å². The van der Waals surface area contributed by atoms with Gasteiger partial charge in [-0.3, -0.25) is 0 Å². The summed E-state index contributed by atoms with van der Waals surface area (Å²) in [7, 11) is 0. The Kier molecular flexibility index (Phi) is 8.98. The molecule has 254 valence electrons. The molecule has 2 bridgehead atoms. The van der Waals surface area contributed by atoms with Crippen LogP contribution in [0.2, 0.25) is 0 Å². The van der Waals surface area contributed by atoms with Crippen molar-refractivity contribution in [3.05, 3.63) is 113 Å². The Morgan fingerprint density at radius 1 is 0.646 bits per heavy atom. The lowest BCUT2D eigenvalue weighted by molar-refractivity contribution is -0.480. The first-order valence-electron chi connectivity index (χ1n) is 15.0. The fourth-order valence-electron chi connectivity index (χ4n) is 5.86. The van der Waals surface area contributed by atoms with E-state index < -0.39 is 80.8 Å². The third kappa shape index (κ3) is 6.26. The number of halogens is 9. The summed E-state index contributed by atoms with van der Waals surface area (Å²) in [5.41, 5.74) is -3.65. The Balaban J connectivity index is 1.20. The van der Waals surface area contributed by atoms with Crippen LogP contribution in [0.15, 0.2) is 60.7 Å². The highest BCUT2D eigenvalue weighted by molar-refractivity contribution is 5.66. The van der Waals surface area contributed by atoms with Crippen molar-refractivity contribution in [3.63, 3.8) is 0 Å². The molecular formula is C35H27F9O4. The number of ether oxygens (including phenoxy) is 4. The van der Waals surface area contributed by atoms with Crippen LogP contribution < -0.4 is 4.74 Å². The maximum atomic E-state index is 15.4. The van der Waals surface area contributed by atoms with Crippen LogP contribution >= 0.6 is 0 Å². The number of benzene rings is 4. The first kappa shape index (κ1) is 33.8. The second-order valence-electron chi connectivity index (χ2n) is 11.9. The molecular weight excluding hydrogens is 655 g/mol. The van der Waals surface area contributed by atoms with Gasteiger partial charge in [0, 0.05) is 28.2 Å². The van der Waals surface area contributed by atoms with Crippen LogP contribution in [-0.4, -0.2) is 19.8 Å². The largest absolute Gasteiger partial charge is 0.432 e. The molecule has 4 aromatic rings. The zero-order chi connectivity index (χ0) is 34.4. The molecule has 0 spiro atoms. The second kappa shape index (κ2) is 12.8. The molecule has 3 heterocycles. The van der Waals surface area contributed by atoms with E-state index in [0.717, 1.165) is 43.9 Å². The van der Waals surface area contributed by atoms with Gasteiger partial charge in [0.2, 0.25) is 0 Å². The van der Waals surface area contributed by atoms with Crippen LogP contribution in [-0.2, 0) is 26.3 Å². The van der Waals surface area contributed by atoms with Gasteiger partial charge in [-0.05, 0) is 60.0 Å². The molecule has 0 saturated carbocycles. The highest BCUT2D eigenvalue weighted by Crippen LogP contribution is 2.47. The molecule has 4 nitrogen and oxygen atoms in total. The normalized spacial score (nSPS) is 20.7. The lowest BCUT2D eigenvalue weighted by Crippen LogP contribution is -2.58. The zero-order valence-electron chi connectivity index (χ0n) is 25.3. The van der Waals surface area contributed by atoms with E-state index >= 15 is 22.0 Å². The van der Waals surface area contributed by atoms with Gasteiger partial charge in [-0.25, -0.2) is 30.7 Å². The molecule has 0 unspecified atom stereocenters. The highest BCUT2D eigenvalue weighted by atomic mass is 19.3. The summed E-state index contributed by atoms with van der Waals surface area (Å²) in [4.78, 5) is 0. The lowest BCUT2D eigenvalue weighted by Gasteiger charge is -2.52. The molecule has 0 N–H and O–H groups in total. The minimum absolute atomic E-state index is 0.163. The van der Waals surface area contributed by atoms with E-state index in [1.54, 1.807) is 0 Å². The molecule has 13 heteroatoms. The summed E-state index contributed by atoms with van der Waals surface area (Å²) in [6, 6.07) is 7.49. The first-order valence-corrected chi connectivity index (χ1v) is 15.0. The Bertz CT molecular complexity index is 1790. The van der Waals surface area contributed by atoms with Gasteiger partial charge in [-0.1, -0.05) is 38.3 Å². The van der Waals surface area contributed by atoms with Gasteiger partial charge < -0.3 is 18.9 Å². The molecule has 0 atom stereocenters. The Labute approximate surface area is 269 Å². The molecule has 3 fully saturated rings. The molecule has 0 aromatic heterocycles. The van der Waals surface area contributed by atoms with Crippen molar-refractivity contribution >= 4 is 0 Å². The second-order valence-corrected chi connectivity index (χ2v) is 11.9. The van der Waals surface area contributed by atoms with Gasteiger partial charge in [-0.2, -0.15) is 8.78 Å². The maximum Gasteiger partial charge on any atom is 0.432 e. The number of unbranched alkanes of at least 4 members (excludes halogenated alkanes) is 2. The standard InChI is InChI=1S/C35H27F9O4/c1-2-3-4-9-33-16-45-35(46-17-33,47-18-33)21-5-7-23(25(36)14-21)19-10-27(38)31(28(39)11-19)34(43,44)48-22-6-8-24(26(37)15-22)20-12-29(40)32(42)30(41)13-20/h5-8,10-15H,2-4,9,16-18H2,1H3. The molecule has 7 rings (SSSR count). The molecule has 3 saturated heterocycles. The average molecular weight is 683 g/mol. The van der Waals surface area contributed by atoms with E-state index in [-0.39, 0.29) is 16.5 Å². The van der Waals surface area contributed by atoms with Crippen LogP contribution in [0.25, 0.3) is 22.3 Å². The summed E-state index contributed by atoms with van der Waals surface area (Å²) in [5, 5.41) is 0.